The lowest BCUT2D eigenvalue weighted by atomic mass is 9.94. The van der Waals surface area contributed by atoms with E-state index in [0.29, 0.717) is 5.13 Å². The number of aromatic nitrogens is 2. The summed E-state index contributed by atoms with van der Waals surface area (Å²) in [6.45, 7) is 0. The molecule has 0 spiro atoms. The molecule has 0 radical (unpaired) electrons. The predicted octanol–water partition coefficient (Wildman–Crippen LogP) is 1.78. The number of hydrogen-bond acceptors (Lipinski definition) is 6. The number of cyclic esters (lactones) is 1. The fourth-order valence-electron chi connectivity index (χ4n) is 2.16. The van der Waals surface area contributed by atoms with Crippen molar-refractivity contribution in [3.05, 3.63) is 41.4 Å². The standard InChI is InChI=1S/C13H11N3O3S/c17-10-6-9(12(18)15-13-16-14-7-20-13)11(19-10)8-4-2-1-3-5-8/h1-5,7,9,11H,6H2,(H,15,16,18)/t9-,11-/m0/s1. The van der Waals surface area contributed by atoms with Crippen molar-refractivity contribution in [2.75, 3.05) is 5.32 Å². The van der Waals surface area contributed by atoms with Crippen LogP contribution in [0.4, 0.5) is 5.13 Å². The Hall–Kier alpha value is -2.28. The number of amides is 1. The van der Waals surface area contributed by atoms with Crippen LogP contribution in [0, 0.1) is 5.92 Å². The number of esters is 1. The third-order valence-corrected chi connectivity index (χ3v) is 3.67. The minimum Gasteiger partial charge on any atom is -0.457 e. The van der Waals surface area contributed by atoms with Gasteiger partial charge in [0, 0.05) is 0 Å². The van der Waals surface area contributed by atoms with Crippen LogP contribution in [-0.2, 0) is 14.3 Å². The van der Waals surface area contributed by atoms with Gasteiger partial charge in [0.2, 0.25) is 11.0 Å². The second-order valence-electron chi connectivity index (χ2n) is 4.36. The summed E-state index contributed by atoms with van der Waals surface area (Å²) in [4.78, 5) is 23.8. The van der Waals surface area contributed by atoms with E-state index in [2.05, 4.69) is 15.5 Å². The molecule has 2 atom stereocenters. The molecule has 1 aliphatic heterocycles. The summed E-state index contributed by atoms with van der Waals surface area (Å²) in [5, 5.41) is 10.5. The van der Waals surface area contributed by atoms with E-state index < -0.39 is 12.0 Å². The number of rotatable bonds is 3. The van der Waals surface area contributed by atoms with Gasteiger partial charge in [0.15, 0.2) is 0 Å². The lowest BCUT2D eigenvalue weighted by Gasteiger charge is -2.16. The Balaban J connectivity index is 1.80. The smallest absolute Gasteiger partial charge is 0.307 e. The third kappa shape index (κ3) is 2.53. The molecule has 2 aromatic rings. The molecule has 0 saturated carbocycles. The molecule has 6 nitrogen and oxygen atoms in total. The molecule has 20 heavy (non-hydrogen) atoms. The minimum absolute atomic E-state index is 0.0736. The maximum atomic E-state index is 12.2. The summed E-state index contributed by atoms with van der Waals surface area (Å²) >= 11 is 1.23. The first-order chi connectivity index (χ1) is 9.74. The average molecular weight is 289 g/mol. The minimum atomic E-state index is -0.547. The monoisotopic (exact) mass is 289 g/mol. The van der Waals surface area contributed by atoms with Crippen LogP contribution in [0.15, 0.2) is 35.8 Å². The molecule has 1 saturated heterocycles. The van der Waals surface area contributed by atoms with E-state index in [9.17, 15) is 9.59 Å². The van der Waals surface area contributed by atoms with Crippen LogP contribution >= 0.6 is 11.3 Å². The van der Waals surface area contributed by atoms with Crippen LogP contribution in [0.2, 0.25) is 0 Å². The van der Waals surface area contributed by atoms with E-state index in [1.54, 1.807) is 0 Å². The number of hydrogen-bond donors (Lipinski definition) is 1. The van der Waals surface area contributed by atoms with Gasteiger partial charge in [-0.05, 0) is 5.56 Å². The van der Waals surface area contributed by atoms with Gasteiger partial charge in [-0.15, -0.1) is 10.2 Å². The van der Waals surface area contributed by atoms with Gasteiger partial charge in [0.05, 0.1) is 12.3 Å². The SMILES string of the molecule is O=C1C[C@H](C(=O)Nc2nncs2)[C@H](c2ccccc2)O1. The van der Waals surface area contributed by atoms with Gasteiger partial charge in [-0.2, -0.15) is 0 Å². The molecular weight excluding hydrogens is 278 g/mol. The zero-order valence-electron chi connectivity index (χ0n) is 10.4. The molecule has 0 unspecified atom stereocenters. The molecule has 0 aliphatic carbocycles. The number of benzene rings is 1. The summed E-state index contributed by atoms with van der Waals surface area (Å²) in [7, 11) is 0. The molecule has 1 aliphatic rings. The van der Waals surface area contributed by atoms with Crippen LogP contribution in [0.25, 0.3) is 0 Å². The average Bonchev–Trinajstić information content (AvgIpc) is 3.09. The normalized spacial score (nSPS) is 21.5. The summed E-state index contributed by atoms with van der Waals surface area (Å²) in [5.74, 6) is -1.19. The van der Waals surface area contributed by atoms with Crippen molar-refractivity contribution < 1.29 is 14.3 Å². The highest BCUT2D eigenvalue weighted by Gasteiger charge is 2.40. The van der Waals surface area contributed by atoms with Gasteiger partial charge in [-0.3, -0.25) is 9.59 Å². The highest BCUT2D eigenvalue weighted by Crippen LogP contribution is 2.36. The van der Waals surface area contributed by atoms with E-state index in [-0.39, 0.29) is 18.3 Å². The van der Waals surface area contributed by atoms with E-state index >= 15 is 0 Å². The summed E-state index contributed by atoms with van der Waals surface area (Å²) in [6, 6.07) is 9.25. The Kier molecular flexibility index (Phi) is 3.42. The summed E-state index contributed by atoms with van der Waals surface area (Å²) in [5.41, 5.74) is 2.34. The van der Waals surface area contributed by atoms with Crippen molar-refractivity contribution >= 4 is 28.3 Å². The zero-order valence-corrected chi connectivity index (χ0v) is 11.2. The fraction of sp³-hybridized carbons (Fsp3) is 0.231. The van der Waals surface area contributed by atoms with E-state index in [1.165, 1.54) is 16.8 Å². The van der Waals surface area contributed by atoms with E-state index in [1.807, 2.05) is 30.3 Å². The molecule has 0 bridgehead atoms. The van der Waals surface area contributed by atoms with Crippen LogP contribution in [0.3, 0.4) is 0 Å². The zero-order chi connectivity index (χ0) is 13.9. The first-order valence-corrected chi connectivity index (χ1v) is 6.93. The number of anilines is 1. The maximum absolute atomic E-state index is 12.2. The highest BCUT2D eigenvalue weighted by molar-refractivity contribution is 7.13. The molecule has 102 valence electrons. The topological polar surface area (TPSA) is 81.2 Å². The number of carbonyl (C=O) groups excluding carboxylic acids is 2. The Morgan fingerprint density at radius 3 is 2.85 bits per heavy atom. The fourth-order valence-corrected chi connectivity index (χ4v) is 2.61. The quantitative estimate of drug-likeness (QED) is 0.871. The second kappa shape index (κ2) is 5.38. The lowest BCUT2D eigenvalue weighted by Crippen LogP contribution is -2.25. The Morgan fingerprint density at radius 2 is 2.15 bits per heavy atom. The van der Waals surface area contributed by atoms with Crippen molar-refractivity contribution in [1.29, 1.82) is 0 Å². The van der Waals surface area contributed by atoms with Crippen molar-refractivity contribution in [3.8, 4) is 0 Å². The lowest BCUT2D eigenvalue weighted by molar-refractivity contribution is -0.141. The Bertz CT molecular complexity index is 615. The maximum Gasteiger partial charge on any atom is 0.307 e. The van der Waals surface area contributed by atoms with E-state index in [4.69, 9.17) is 4.74 Å². The number of nitrogens with zero attached hydrogens (tertiary/aromatic N) is 2. The van der Waals surface area contributed by atoms with Gasteiger partial charge in [0.25, 0.3) is 0 Å². The molecule has 3 rings (SSSR count). The number of nitrogens with one attached hydrogen (secondary N) is 1. The molecule has 1 aromatic carbocycles. The highest BCUT2D eigenvalue weighted by atomic mass is 32.1. The van der Waals surface area contributed by atoms with Crippen molar-refractivity contribution in [1.82, 2.24) is 10.2 Å². The van der Waals surface area contributed by atoms with Crippen LogP contribution in [0.1, 0.15) is 18.1 Å². The molecule has 1 N–H and O–H groups in total. The van der Waals surface area contributed by atoms with Crippen LogP contribution < -0.4 is 5.32 Å². The van der Waals surface area contributed by atoms with Gasteiger partial charge in [-0.1, -0.05) is 41.7 Å². The Labute approximate surface area is 118 Å². The van der Waals surface area contributed by atoms with E-state index in [0.717, 1.165) is 5.56 Å². The molecule has 7 heteroatoms. The number of carbonyl (C=O) groups is 2. The molecular formula is C13H11N3O3S. The summed E-state index contributed by atoms with van der Waals surface area (Å²) < 4.78 is 5.27. The molecule has 1 aromatic heterocycles. The number of ether oxygens (including phenoxy) is 1. The van der Waals surface area contributed by atoms with Crippen LogP contribution in [-0.4, -0.2) is 22.1 Å². The van der Waals surface area contributed by atoms with Crippen molar-refractivity contribution in [2.24, 2.45) is 5.92 Å². The first-order valence-electron chi connectivity index (χ1n) is 6.05. The van der Waals surface area contributed by atoms with Gasteiger partial charge in [-0.25, -0.2) is 0 Å². The third-order valence-electron chi connectivity index (χ3n) is 3.07. The molecule has 1 amide bonds. The van der Waals surface area contributed by atoms with Gasteiger partial charge >= 0.3 is 5.97 Å². The van der Waals surface area contributed by atoms with Gasteiger partial charge in [0.1, 0.15) is 11.6 Å². The molecule has 2 heterocycles. The first kappa shape index (κ1) is 12.7. The Morgan fingerprint density at radius 1 is 1.35 bits per heavy atom. The summed E-state index contributed by atoms with van der Waals surface area (Å²) in [6.07, 6.45) is -0.471. The second-order valence-corrected chi connectivity index (χ2v) is 5.20. The largest absolute Gasteiger partial charge is 0.457 e. The van der Waals surface area contributed by atoms with Crippen LogP contribution in [0.5, 0.6) is 0 Å². The van der Waals surface area contributed by atoms with Crippen molar-refractivity contribution in [2.45, 2.75) is 12.5 Å². The van der Waals surface area contributed by atoms with Gasteiger partial charge < -0.3 is 10.1 Å². The predicted molar refractivity (Wildman–Crippen MR) is 71.9 cm³/mol. The van der Waals surface area contributed by atoms with Crippen molar-refractivity contribution in [3.63, 3.8) is 0 Å². The molecule has 1 fully saturated rings.